The Morgan fingerprint density at radius 2 is 2.37 bits per heavy atom. The van der Waals surface area contributed by atoms with Crippen molar-refractivity contribution in [3.05, 3.63) is 24.2 Å². The van der Waals surface area contributed by atoms with E-state index in [0.717, 1.165) is 0 Å². The second kappa shape index (κ2) is 6.14. The molecule has 1 N–H and O–H groups in total. The molecule has 0 saturated heterocycles. The summed E-state index contributed by atoms with van der Waals surface area (Å²) in [4.78, 5) is 16.6. The Labute approximate surface area is 109 Å². The van der Waals surface area contributed by atoms with Crippen LogP contribution < -0.4 is 0 Å². The Morgan fingerprint density at radius 3 is 3.05 bits per heavy atom. The second-order valence-electron chi connectivity index (χ2n) is 4.23. The van der Waals surface area contributed by atoms with Crippen molar-refractivity contribution in [3.63, 3.8) is 0 Å². The van der Waals surface area contributed by atoms with Gasteiger partial charge in [0.1, 0.15) is 0 Å². The highest BCUT2D eigenvalue weighted by molar-refractivity contribution is 5.66. The van der Waals surface area contributed by atoms with Gasteiger partial charge in [0.2, 0.25) is 0 Å². The van der Waals surface area contributed by atoms with E-state index >= 15 is 0 Å². The summed E-state index contributed by atoms with van der Waals surface area (Å²) in [5.41, 5.74) is 0. The van der Waals surface area contributed by atoms with Crippen LogP contribution in [0.3, 0.4) is 0 Å². The summed E-state index contributed by atoms with van der Waals surface area (Å²) in [6.07, 6.45) is 2.29. The van der Waals surface area contributed by atoms with Crippen molar-refractivity contribution in [2.45, 2.75) is 19.4 Å². The smallest absolute Gasteiger partial charge is 0.303 e. The highest BCUT2D eigenvalue weighted by Crippen LogP contribution is 2.17. The van der Waals surface area contributed by atoms with Crippen molar-refractivity contribution in [1.29, 1.82) is 0 Å². The van der Waals surface area contributed by atoms with Crippen LogP contribution in [0.15, 0.2) is 27.3 Å². The van der Waals surface area contributed by atoms with Gasteiger partial charge in [0, 0.05) is 6.42 Å². The fourth-order valence-corrected chi connectivity index (χ4v) is 1.64. The molecule has 2 aromatic rings. The van der Waals surface area contributed by atoms with Crippen molar-refractivity contribution in [2.75, 3.05) is 13.6 Å². The molecule has 0 saturated carbocycles. The molecule has 0 aliphatic carbocycles. The monoisotopic (exact) mass is 265 g/mol. The van der Waals surface area contributed by atoms with Gasteiger partial charge in [-0.05, 0) is 32.1 Å². The Balaban J connectivity index is 1.84. The minimum Gasteiger partial charge on any atom is -0.481 e. The lowest BCUT2D eigenvalue weighted by Crippen LogP contribution is -2.20. The van der Waals surface area contributed by atoms with Gasteiger partial charge in [-0.3, -0.25) is 9.69 Å². The van der Waals surface area contributed by atoms with E-state index in [9.17, 15) is 4.79 Å². The molecular formula is C12H15N3O4. The molecule has 102 valence electrons. The summed E-state index contributed by atoms with van der Waals surface area (Å²) in [6.45, 7) is 1.17. The van der Waals surface area contributed by atoms with E-state index in [2.05, 4.69) is 10.1 Å². The van der Waals surface area contributed by atoms with Gasteiger partial charge in [0.25, 0.3) is 5.89 Å². The lowest BCUT2D eigenvalue weighted by molar-refractivity contribution is -0.137. The molecule has 0 unspecified atom stereocenters. The number of carbonyl (C=O) groups is 1. The Hall–Kier alpha value is -2.15. The number of nitrogens with zero attached hydrogens (tertiary/aromatic N) is 3. The van der Waals surface area contributed by atoms with Gasteiger partial charge < -0.3 is 14.0 Å². The van der Waals surface area contributed by atoms with Crippen molar-refractivity contribution in [1.82, 2.24) is 15.0 Å². The summed E-state index contributed by atoms with van der Waals surface area (Å²) in [5.74, 6) is 0.642. The molecule has 2 rings (SSSR count). The predicted molar refractivity (Wildman–Crippen MR) is 65.2 cm³/mol. The summed E-state index contributed by atoms with van der Waals surface area (Å²) < 4.78 is 10.2. The zero-order chi connectivity index (χ0) is 13.7. The maximum atomic E-state index is 10.4. The van der Waals surface area contributed by atoms with Crippen molar-refractivity contribution in [2.24, 2.45) is 0 Å². The van der Waals surface area contributed by atoms with Crippen molar-refractivity contribution >= 4 is 5.97 Å². The third-order valence-electron chi connectivity index (χ3n) is 2.54. The van der Waals surface area contributed by atoms with Crippen LogP contribution in [-0.4, -0.2) is 39.7 Å². The number of rotatable bonds is 7. The SMILES string of the molecule is CN(CCCC(=O)O)Cc1noc(-c2ccco2)n1. The lowest BCUT2D eigenvalue weighted by Gasteiger charge is -2.12. The van der Waals surface area contributed by atoms with Crippen LogP contribution in [-0.2, 0) is 11.3 Å². The first-order valence-corrected chi connectivity index (χ1v) is 5.92. The van der Waals surface area contributed by atoms with E-state index < -0.39 is 5.97 Å². The highest BCUT2D eigenvalue weighted by atomic mass is 16.5. The first kappa shape index (κ1) is 13.3. The van der Waals surface area contributed by atoms with Crippen molar-refractivity contribution < 1.29 is 18.8 Å². The minimum atomic E-state index is -0.784. The molecule has 0 aliphatic rings. The quantitative estimate of drug-likeness (QED) is 0.813. The predicted octanol–water partition coefficient (Wildman–Crippen LogP) is 1.63. The largest absolute Gasteiger partial charge is 0.481 e. The second-order valence-corrected chi connectivity index (χ2v) is 4.23. The fourth-order valence-electron chi connectivity index (χ4n) is 1.64. The number of carboxylic acid groups (broad SMARTS) is 1. The third kappa shape index (κ3) is 3.92. The van der Waals surface area contributed by atoms with Crippen LogP contribution in [0.1, 0.15) is 18.7 Å². The first-order valence-electron chi connectivity index (χ1n) is 5.92. The van der Waals surface area contributed by atoms with Crippen LogP contribution in [0.4, 0.5) is 0 Å². The zero-order valence-electron chi connectivity index (χ0n) is 10.6. The maximum Gasteiger partial charge on any atom is 0.303 e. The van der Waals surface area contributed by atoms with Gasteiger partial charge in [-0.15, -0.1) is 0 Å². The molecular weight excluding hydrogens is 250 g/mol. The average Bonchev–Trinajstić information content (AvgIpc) is 2.97. The topological polar surface area (TPSA) is 92.6 Å². The van der Waals surface area contributed by atoms with Gasteiger partial charge in [0.05, 0.1) is 12.8 Å². The summed E-state index contributed by atoms with van der Waals surface area (Å²) in [6, 6.07) is 3.49. The molecule has 2 heterocycles. The first-order chi connectivity index (χ1) is 9.15. The Morgan fingerprint density at radius 1 is 1.53 bits per heavy atom. The molecule has 0 bridgehead atoms. The van der Waals surface area contributed by atoms with E-state index in [-0.39, 0.29) is 6.42 Å². The lowest BCUT2D eigenvalue weighted by atomic mass is 10.3. The third-order valence-corrected chi connectivity index (χ3v) is 2.54. The van der Waals surface area contributed by atoms with Gasteiger partial charge in [0.15, 0.2) is 11.6 Å². The number of aromatic nitrogens is 2. The number of carboxylic acids is 1. The average molecular weight is 265 g/mol. The number of aliphatic carboxylic acids is 1. The number of hydrogen-bond donors (Lipinski definition) is 1. The van der Waals surface area contributed by atoms with Crippen LogP contribution in [0.2, 0.25) is 0 Å². The summed E-state index contributed by atoms with van der Waals surface area (Å²) >= 11 is 0. The molecule has 0 radical (unpaired) electrons. The molecule has 0 fully saturated rings. The highest BCUT2D eigenvalue weighted by Gasteiger charge is 2.12. The Bertz CT molecular complexity index is 521. The van der Waals surface area contributed by atoms with E-state index in [4.69, 9.17) is 14.0 Å². The standard InChI is InChI=1S/C12H15N3O4/c1-15(6-2-5-11(16)17)8-10-13-12(19-14-10)9-4-3-7-18-9/h3-4,7H,2,5-6,8H2,1H3,(H,16,17). The molecule has 7 nitrogen and oxygen atoms in total. The molecule has 0 atom stereocenters. The van der Waals surface area contributed by atoms with E-state index in [0.29, 0.717) is 37.0 Å². The molecule has 2 aromatic heterocycles. The van der Waals surface area contributed by atoms with E-state index in [1.807, 2.05) is 11.9 Å². The van der Waals surface area contributed by atoms with Gasteiger partial charge in [-0.1, -0.05) is 5.16 Å². The van der Waals surface area contributed by atoms with Crippen molar-refractivity contribution in [3.8, 4) is 11.7 Å². The van der Waals surface area contributed by atoms with Crippen LogP contribution in [0.25, 0.3) is 11.7 Å². The van der Waals surface area contributed by atoms with Crippen LogP contribution in [0, 0.1) is 0 Å². The normalized spacial score (nSPS) is 11.1. The molecule has 0 spiro atoms. The zero-order valence-corrected chi connectivity index (χ0v) is 10.6. The Kier molecular flexibility index (Phi) is 4.30. The van der Waals surface area contributed by atoms with Crippen LogP contribution in [0.5, 0.6) is 0 Å². The molecule has 0 aromatic carbocycles. The molecule has 0 aliphatic heterocycles. The van der Waals surface area contributed by atoms with Gasteiger partial charge in [-0.2, -0.15) is 4.98 Å². The van der Waals surface area contributed by atoms with E-state index in [1.165, 1.54) is 6.26 Å². The van der Waals surface area contributed by atoms with Crippen LogP contribution >= 0.6 is 0 Å². The fraction of sp³-hybridized carbons (Fsp3) is 0.417. The van der Waals surface area contributed by atoms with E-state index in [1.54, 1.807) is 12.1 Å². The number of furan rings is 1. The van der Waals surface area contributed by atoms with Gasteiger partial charge >= 0.3 is 5.97 Å². The molecule has 0 amide bonds. The number of hydrogen-bond acceptors (Lipinski definition) is 6. The maximum absolute atomic E-state index is 10.4. The molecule has 7 heteroatoms. The minimum absolute atomic E-state index is 0.161. The van der Waals surface area contributed by atoms with Gasteiger partial charge in [-0.25, -0.2) is 0 Å². The summed E-state index contributed by atoms with van der Waals surface area (Å²) in [5, 5.41) is 12.4. The molecule has 19 heavy (non-hydrogen) atoms. The summed E-state index contributed by atoms with van der Waals surface area (Å²) in [7, 11) is 1.88.